The Kier molecular flexibility index (Phi) is 8.06. The zero-order valence-electron chi connectivity index (χ0n) is 12.1. The number of unbranched alkanes of at least 4 members (excludes halogenated alkanes) is 3. The van der Waals surface area contributed by atoms with Gasteiger partial charge >= 0.3 is 0 Å². The summed E-state index contributed by atoms with van der Waals surface area (Å²) in [5.74, 6) is 1.05. The van der Waals surface area contributed by atoms with E-state index in [-0.39, 0.29) is 5.91 Å². The maximum Gasteiger partial charge on any atom is 0.221 e. The standard InChI is InChI=1S/C15H30N2O/c1-13(2)8-5-3-4-6-10-16-14-9-7-11-17-15(18)12-14/h13-14,16H,3-12H2,1-2H3,(H,17,18). The van der Waals surface area contributed by atoms with E-state index in [2.05, 4.69) is 24.5 Å². The molecule has 0 aliphatic carbocycles. The van der Waals surface area contributed by atoms with Crippen LogP contribution >= 0.6 is 0 Å². The fraction of sp³-hybridized carbons (Fsp3) is 0.933. The Labute approximate surface area is 112 Å². The highest BCUT2D eigenvalue weighted by atomic mass is 16.1. The van der Waals surface area contributed by atoms with Gasteiger partial charge in [0, 0.05) is 19.0 Å². The van der Waals surface area contributed by atoms with Gasteiger partial charge in [-0.3, -0.25) is 4.79 Å². The Morgan fingerprint density at radius 1 is 1.28 bits per heavy atom. The molecule has 0 aromatic carbocycles. The normalized spacial score (nSPS) is 20.8. The van der Waals surface area contributed by atoms with Crippen LogP contribution in [0.2, 0.25) is 0 Å². The van der Waals surface area contributed by atoms with Crippen LogP contribution in [0.4, 0.5) is 0 Å². The van der Waals surface area contributed by atoms with Crippen LogP contribution in [-0.4, -0.2) is 25.0 Å². The molecule has 1 unspecified atom stereocenters. The predicted octanol–water partition coefficient (Wildman–Crippen LogP) is 2.85. The van der Waals surface area contributed by atoms with Crippen LogP contribution < -0.4 is 10.6 Å². The minimum absolute atomic E-state index is 0.210. The summed E-state index contributed by atoms with van der Waals surface area (Å²) < 4.78 is 0. The van der Waals surface area contributed by atoms with Crippen LogP contribution in [0, 0.1) is 5.92 Å². The smallest absolute Gasteiger partial charge is 0.221 e. The average molecular weight is 254 g/mol. The third-order valence-corrected chi connectivity index (χ3v) is 3.62. The van der Waals surface area contributed by atoms with E-state index in [0.29, 0.717) is 12.5 Å². The van der Waals surface area contributed by atoms with Gasteiger partial charge in [-0.1, -0.05) is 39.5 Å². The number of carbonyl (C=O) groups excluding carboxylic acids is 1. The lowest BCUT2D eigenvalue weighted by atomic mass is 10.0. The molecule has 1 amide bonds. The van der Waals surface area contributed by atoms with Crippen LogP contribution in [0.3, 0.4) is 0 Å². The Morgan fingerprint density at radius 2 is 2.06 bits per heavy atom. The SMILES string of the molecule is CC(C)CCCCCCNC1CCCNC(=O)C1. The van der Waals surface area contributed by atoms with E-state index in [9.17, 15) is 4.79 Å². The fourth-order valence-electron chi connectivity index (χ4n) is 2.49. The highest BCUT2D eigenvalue weighted by Gasteiger charge is 2.15. The molecule has 1 aliphatic rings. The van der Waals surface area contributed by atoms with Crippen molar-refractivity contribution in [3.63, 3.8) is 0 Å². The van der Waals surface area contributed by atoms with Gasteiger partial charge in [0.05, 0.1) is 0 Å². The summed E-state index contributed by atoms with van der Waals surface area (Å²) in [7, 11) is 0. The van der Waals surface area contributed by atoms with Gasteiger partial charge in [0.2, 0.25) is 5.91 Å². The second-order valence-electron chi connectivity index (χ2n) is 5.94. The van der Waals surface area contributed by atoms with Crippen molar-refractivity contribution < 1.29 is 4.79 Å². The van der Waals surface area contributed by atoms with Crippen molar-refractivity contribution in [1.82, 2.24) is 10.6 Å². The molecule has 0 radical (unpaired) electrons. The third kappa shape index (κ3) is 7.70. The molecular weight excluding hydrogens is 224 g/mol. The highest BCUT2D eigenvalue weighted by Crippen LogP contribution is 2.10. The quantitative estimate of drug-likeness (QED) is 0.654. The van der Waals surface area contributed by atoms with Gasteiger partial charge in [-0.2, -0.15) is 0 Å². The van der Waals surface area contributed by atoms with E-state index in [1.807, 2.05) is 0 Å². The molecule has 0 saturated carbocycles. The summed E-state index contributed by atoms with van der Waals surface area (Å²) in [5, 5.41) is 6.46. The number of hydrogen-bond donors (Lipinski definition) is 2. The minimum Gasteiger partial charge on any atom is -0.356 e. The first-order chi connectivity index (χ1) is 8.68. The van der Waals surface area contributed by atoms with Crippen molar-refractivity contribution in [2.75, 3.05) is 13.1 Å². The van der Waals surface area contributed by atoms with Crippen LogP contribution in [0.15, 0.2) is 0 Å². The fourth-order valence-corrected chi connectivity index (χ4v) is 2.49. The average Bonchev–Trinajstić information content (AvgIpc) is 2.52. The lowest BCUT2D eigenvalue weighted by molar-refractivity contribution is -0.121. The summed E-state index contributed by atoms with van der Waals surface area (Å²) in [5.41, 5.74) is 0. The molecule has 1 rings (SSSR count). The molecule has 1 saturated heterocycles. The van der Waals surface area contributed by atoms with Crippen molar-refractivity contribution >= 4 is 5.91 Å². The topological polar surface area (TPSA) is 41.1 Å². The summed E-state index contributed by atoms with van der Waals surface area (Å²) in [6, 6.07) is 0.406. The number of amides is 1. The first kappa shape index (κ1) is 15.5. The Balaban J connectivity index is 1.95. The molecule has 0 aromatic heterocycles. The van der Waals surface area contributed by atoms with Gasteiger partial charge < -0.3 is 10.6 Å². The van der Waals surface area contributed by atoms with Gasteiger partial charge in [0.25, 0.3) is 0 Å². The predicted molar refractivity (Wildman–Crippen MR) is 76.6 cm³/mol. The Hall–Kier alpha value is -0.570. The molecule has 3 nitrogen and oxygen atoms in total. The van der Waals surface area contributed by atoms with Crippen LogP contribution in [0.5, 0.6) is 0 Å². The zero-order valence-corrected chi connectivity index (χ0v) is 12.1. The number of nitrogens with one attached hydrogen (secondary N) is 2. The highest BCUT2D eigenvalue weighted by molar-refractivity contribution is 5.76. The van der Waals surface area contributed by atoms with Crippen LogP contribution in [0.25, 0.3) is 0 Å². The first-order valence-corrected chi connectivity index (χ1v) is 7.68. The maximum absolute atomic E-state index is 11.4. The molecule has 2 N–H and O–H groups in total. The molecule has 1 atom stereocenters. The molecule has 1 aliphatic heterocycles. The van der Waals surface area contributed by atoms with Crippen molar-refractivity contribution in [2.24, 2.45) is 5.92 Å². The second kappa shape index (κ2) is 9.37. The summed E-state index contributed by atoms with van der Waals surface area (Å²) in [4.78, 5) is 11.4. The zero-order chi connectivity index (χ0) is 13.2. The molecule has 3 heteroatoms. The van der Waals surface area contributed by atoms with E-state index in [0.717, 1.165) is 31.8 Å². The summed E-state index contributed by atoms with van der Waals surface area (Å²) in [6.45, 7) is 6.50. The molecule has 0 bridgehead atoms. The minimum atomic E-state index is 0.210. The van der Waals surface area contributed by atoms with Crippen molar-refractivity contribution in [3.8, 4) is 0 Å². The second-order valence-corrected chi connectivity index (χ2v) is 5.94. The van der Waals surface area contributed by atoms with Crippen molar-refractivity contribution in [2.45, 2.75) is 71.3 Å². The molecule has 0 aromatic rings. The van der Waals surface area contributed by atoms with E-state index in [1.165, 1.54) is 32.1 Å². The van der Waals surface area contributed by atoms with Crippen molar-refractivity contribution in [1.29, 1.82) is 0 Å². The van der Waals surface area contributed by atoms with Gasteiger partial charge in [0.1, 0.15) is 0 Å². The van der Waals surface area contributed by atoms with Gasteiger partial charge in [-0.05, 0) is 31.7 Å². The first-order valence-electron chi connectivity index (χ1n) is 7.68. The Bertz CT molecular complexity index is 229. The van der Waals surface area contributed by atoms with Gasteiger partial charge in [-0.15, -0.1) is 0 Å². The molecule has 1 heterocycles. The summed E-state index contributed by atoms with van der Waals surface area (Å²) in [6.07, 6.45) is 9.54. The van der Waals surface area contributed by atoms with E-state index < -0.39 is 0 Å². The van der Waals surface area contributed by atoms with Gasteiger partial charge in [-0.25, -0.2) is 0 Å². The lowest BCUT2D eigenvalue weighted by Gasteiger charge is -2.14. The number of carbonyl (C=O) groups is 1. The van der Waals surface area contributed by atoms with Crippen molar-refractivity contribution in [3.05, 3.63) is 0 Å². The maximum atomic E-state index is 11.4. The number of hydrogen-bond acceptors (Lipinski definition) is 2. The Morgan fingerprint density at radius 3 is 2.83 bits per heavy atom. The molecular formula is C15H30N2O. The molecule has 0 spiro atoms. The van der Waals surface area contributed by atoms with E-state index in [1.54, 1.807) is 0 Å². The number of rotatable bonds is 8. The van der Waals surface area contributed by atoms with Gasteiger partial charge in [0.15, 0.2) is 0 Å². The largest absolute Gasteiger partial charge is 0.356 e. The third-order valence-electron chi connectivity index (χ3n) is 3.62. The lowest BCUT2D eigenvalue weighted by Crippen LogP contribution is -2.33. The van der Waals surface area contributed by atoms with Crippen LogP contribution in [-0.2, 0) is 4.79 Å². The van der Waals surface area contributed by atoms with E-state index >= 15 is 0 Å². The molecule has 106 valence electrons. The molecule has 1 fully saturated rings. The summed E-state index contributed by atoms with van der Waals surface area (Å²) >= 11 is 0. The van der Waals surface area contributed by atoms with Crippen LogP contribution in [0.1, 0.15) is 65.2 Å². The molecule has 18 heavy (non-hydrogen) atoms. The monoisotopic (exact) mass is 254 g/mol. The van der Waals surface area contributed by atoms with E-state index in [4.69, 9.17) is 0 Å².